The number of thiophene rings is 1. The summed E-state index contributed by atoms with van der Waals surface area (Å²) >= 11 is 9.06. The Morgan fingerprint density at radius 2 is 2.07 bits per heavy atom. The Morgan fingerprint density at radius 1 is 1.29 bits per heavy atom. The van der Waals surface area contributed by atoms with Gasteiger partial charge in [-0.25, -0.2) is 0 Å². The van der Waals surface area contributed by atoms with Crippen molar-refractivity contribution in [1.29, 1.82) is 0 Å². The van der Waals surface area contributed by atoms with Crippen LogP contribution in [0.1, 0.15) is 48.7 Å². The molecule has 0 spiro atoms. The minimum atomic E-state index is 0.552. The maximum Gasteiger partial charge on any atom is 0.0701 e. The zero-order valence-corrected chi connectivity index (χ0v) is 12.4. The maximum absolute atomic E-state index is 3.74. The van der Waals surface area contributed by atoms with Gasteiger partial charge in [0.2, 0.25) is 0 Å². The van der Waals surface area contributed by atoms with Crippen molar-refractivity contribution in [3.8, 4) is 0 Å². The largest absolute Gasteiger partial charge is 0.132 e. The predicted molar refractivity (Wildman–Crippen MR) is 72.4 cm³/mol. The van der Waals surface area contributed by atoms with Gasteiger partial charge < -0.3 is 0 Å². The number of rotatable bonds is 6. The van der Waals surface area contributed by atoms with Gasteiger partial charge in [0.15, 0.2) is 0 Å². The van der Waals surface area contributed by atoms with Crippen LogP contribution in [0.2, 0.25) is 0 Å². The molecule has 1 aromatic heterocycles. The summed E-state index contributed by atoms with van der Waals surface area (Å²) in [5, 5.41) is 0. The van der Waals surface area contributed by atoms with Crippen molar-refractivity contribution >= 4 is 43.2 Å². The van der Waals surface area contributed by atoms with Gasteiger partial charge in [-0.3, -0.25) is 0 Å². The molecule has 0 fully saturated rings. The van der Waals surface area contributed by atoms with Crippen LogP contribution in [0.5, 0.6) is 0 Å². The van der Waals surface area contributed by atoms with Gasteiger partial charge in [-0.2, -0.15) is 0 Å². The fourth-order valence-corrected chi connectivity index (χ4v) is 3.58. The van der Waals surface area contributed by atoms with Crippen LogP contribution < -0.4 is 0 Å². The number of halogens is 2. The lowest BCUT2D eigenvalue weighted by molar-refractivity contribution is 0.632. The third kappa shape index (κ3) is 4.45. The summed E-state index contributed by atoms with van der Waals surface area (Å²) in [5.41, 5.74) is 0. The van der Waals surface area contributed by atoms with Gasteiger partial charge in [-0.15, -0.1) is 11.3 Å². The van der Waals surface area contributed by atoms with Gasteiger partial charge in [0, 0.05) is 9.70 Å². The smallest absolute Gasteiger partial charge is 0.0701 e. The van der Waals surface area contributed by atoms with Crippen molar-refractivity contribution in [2.75, 3.05) is 0 Å². The second-order valence-electron chi connectivity index (χ2n) is 3.46. The molecule has 1 atom stereocenters. The lowest BCUT2D eigenvalue weighted by Crippen LogP contribution is -1.86. The van der Waals surface area contributed by atoms with Gasteiger partial charge in [0.1, 0.15) is 0 Å². The molecule has 3 heteroatoms. The van der Waals surface area contributed by atoms with Crippen molar-refractivity contribution in [1.82, 2.24) is 0 Å². The molecular weight excluding hydrogens is 324 g/mol. The first-order valence-corrected chi connectivity index (χ1v) is 7.66. The van der Waals surface area contributed by atoms with E-state index < -0.39 is 0 Å². The standard InChI is InChI=1S/C11H16Br2S/c1-2-3-4-5-6-9(12)10-7-8-11(13)14-10/h7-9H,2-6H2,1H3. The van der Waals surface area contributed by atoms with Gasteiger partial charge in [-0.05, 0) is 34.5 Å². The highest BCUT2D eigenvalue weighted by atomic mass is 79.9. The average molecular weight is 340 g/mol. The molecule has 1 heterocycles. The van der Waals surface area contributed by atoms with Gasteiger partial charge >= 0.3 is 0 Å². The predicted octanol–water partition coefficient (Wildman–Crippen LogP) is 5.92. The molecule has 0 aromatic carbocycles. The molecule has 80 valence electrons. The average Bonchev–Trinajstić information content (AvgIpc) is 2.59. The highest BCUT2D eigenvalue weighted by molar-refractivity contribution is 9.11. The Labute approximate surface area is 107 Å². The Balaban J connectivity index is 2.25. The summed E-state index contributed by atoms with van der Waals surface area (Å²) in [7, 11) is 0. The second-order valence-corrected chi connectivity index (χ2v) is 7.06. The molecule has 0 bridgehead atoms. The van der Waals surface area contributed by atoms with Gasteiger partial charge in [-0.1, -0.05) is 48.5 Å². The van der Waals surface area contributed by atoms with E-state index in [-0.39, 0.29) is 0 Å². The van der Waals surface area contributed by atoms with Crippen LogP contribution in [-0.2, 0) is 0 Å². The molecule has 0 radical (unpaired) electrons. The van der Waals surface area contributed by atoms with E-state index in [1.54, 1.807) is 0 Å². The van der Waals surface area contributed by atoms with Crippen LogP contribution in [0.25, 0.3) is 0 Å². The number of unbranched alkanes of at least 4 members (excludes halogenated alkanes) is 3. The summed E-state index contributed by atoms with van der Waals surface area (Å²) in [5.74, 6) is 0. The molecule has 0 N–H and O–H groups in total. The molecule has 1 aromatic rings. The third-order valence-corrected chi connectivity index (χ3v) is 5.21. The van der Waals surface area contributed by atoms with Crippen molar-refractivity contribution < 1.29 is 0 Å². The fraction of sp³-hybridized carbons (Fsp3) is 0.636. The first-order chi connectivity index (χ1) is 6.74. The molecule has 0 aliphatic carbocycles. The minimum Gasteiger partial charge on any atom is -0.132 e. The van der Waals surface area contributed by atoms with E-state index in [0.29, 0.717) is 4.83 Å². The highest BCUT2D eigenvalue weighted by Crippen LogP contribution is 2.35. The van der Waals surface area contributed by atoms with Crippen LogP contribution >= 0.6 is 43.2 Å². The van der Waals surface area contributed by atoms with Crippen LogP contribution in [-0.4, -0.2) is 0 Å². The molecule has 0 saturated heterocycles. The summed E-state index contributed by atoms with van der Waals surface area (Å²) < 4.78 is 1.23. The minimum absolute atomic E-state index is 0.552. The van der Waals surface area contributed by atoms with E-state index in [2.05, 4.69) is 50.9 Å². The van der Waals surface area contributed by atoms with E-state index in [0.717, 1.165) is 0 Å². The zero-order chi connectivity index (χ0) is 10.4. The molecule has 0 aliphatic rings. The summed E-state index contributed by atoms with van der Waals surface area (Å²) in [6, 6.07) is 4.33. The number of hydrogen-bond donors (Lipinski definition) is 0. The van der Waals surface area contributed by atoms with Crippen molar-refractivity contribution in [3.05, 3.63) is 20.8 Å². The van der Waals surface area contributed by atoms with Crippen molar-refractivity contribution in [3.63, 3.8) is 0 Å². The lowest BCUT2D eigenvalue weighted by Gasteiger charge is -2.06. The van der Waals surface area contributed by atoms with Gasteiger partial charge in [0.05, 0.1) is 3.79 Å². The molecule has 0 aliphatic heterocycles. The zero-order valence-electron chi connectivity index (χ0n) is 8.43. The Hall–Kier alpha value is 0.660. The van der Waals surface area contributed by atoms with E-state index in [1.807, 2.05) is 11.3 Å². The quantitative estimate of drug-likeness (QED) is 0.446. The van der Waals surface area contributed by atoms with Crippen LogP contribution in [0.15, 0.2) is 15.9 Å². The van der Waals surface area contributed by atoms with Crippen LogP contribution in [0.3, 0.4) is 0 Å². The molecule has 1 rings (SSSR count). The first-order valence-electron chi connectivity index (χ1n) is 5.13. The summed E-state index contributed by atoms with van der Waals surface area (Å²) in [6.07, 6.45) is 6.64. The van der Waals surface area contributed by atoms with E-state index in [4.69, 9.17) is 0 Å². The third-order valence-electron chi connectivity index (χ3n) is 2.21. The molecule has 14 heavy (non-hydrogen) atoms. The Morgan fingerprint density at radius 3 is 2.64 bits per heavy atom. The Bertz CT molecular complexity index is 258. The molecule has 0 saturated carbocycles. The van der Waals surface area contributed by atoms with Crippen molar-refractivity contribution in [2.24, 2.45) is 0 Å². The fourth-order valence-electron chi connectivity index (χ4n) is 1.39. The van der Waals surface area contributed by atoms with E-state index in [1.165, 1.54) is 40.8 Å². The monoisotopic (exact) mass is 338 g/mol. The normalized spacial score (nSPS) is 13.1. The Kier molecular flexibility index (Phi) is 6.38. The summed E-state index contributed by atoms with van der Waals surface area (Å²) in [6.45, 7) is 2.25. The van der Waals surface area contributed by atoms with Gasteiger partial charge in [0.25, 0.3) is 0 Å². The topological polar surface area (TPSA) is 0 Å². The lowest BCUT2D eigenvalue weighted by atomic mass is 10.1. The SMILES string of the molecule is CCCCCCC(Br)c1ccc(Br)s1. The molecule has 1 unspecified atom stereocenters. The highest BCUT2D eigenvalue weighted by Gasteiger charge is 2.08. The number of hydrogen-bond acceptors (Lipinski definition) is 1. The molecule has 0 nitrogen and oxygen atoms in total. The summed E-state index contributed by atoms with van der Waals surface area (Å²) in [4.78, 5) is 1.99. The van der Waals surface area contributed by atoms with E-state index in [9.17, 15) is 0 Å². The molecular formula is C11H16Br2S. The van der Waals surface area contributed by atoms with Crippen LogP contribution in [0, 0.1) is 0 Å². The van der Waals surface area contributed by atoms with Crippen LogP contribution in [0.4, 0.5) is 0 Å². The second kappa shape index (κ2) is 7.02. The maximum atomic E-state index is 3.74. The van der Waals surface area contributed by atoms with E-state index >= 15 is 0 Å². The number of alkyl halides is 1. The van der Waals surface area contributed by atoms with Crippen molar-refractivity contribution in [2.45, 2.75) is 43.9 Å². The molecule has 0 amide bonds. The first kappa shape index (κ1) is 12.7.